The van der Waals surface area contributed by atoms with Gasteiger partial charge in [0.1, 0.15) is 11.6 Å². The molecule has 0 radical (unpaired) electrons. The van der Waals surface area contributed by atoms with Crippen LogP contribution in [0.4, 0.5) is 14.5 Å². The van der Waals surface area contributed by atoms with Gasteiger partial charge in [0, 0.05) is 6.07 Å². The first-order chi connectivity index (χ1) is 11.3. The van der Waals surface area contributed by atoms with Crippen molar-refractivity contribution in [2.24, 2.45) is 0 Å². The fraction of sp³-hybridized carbons (Fsp3) is 0.125. The minimum absolute atomic E-state index is 0.191. The number of carbonyl (C=O) groups excluding carboxylic acids is 2. The Kier molecular flexibility index (Phi) is 5.75. The molecule has 0 aliphatic carbocycles. The standard InChI is InChI=1S/C16H11Cl2F2NO3/c1-8-2-3-12(17)15(14(8)18)21-13(22)7-24-16(23)9-4-10(19)6-11(20)5-9/h2-6H,7H2,1H3,(H,21,22). The maximum Gasteiger partial charge on any atom is 0.338 e. The molecule has 0 saturated heterocycles. The number of anilines is 1. The largest absolute Gasteiger partial charge is 0.452 e. The topological polar surface area (TPSA) is 55.4 Å². The third kappa shape index (κ3) is 4.43. The van der Waals surface area contributed by atoms with Crippen molar-refractivity contribution in [2.75, 3.05) is 11.9 Å². The normalized spacial score (nSPS) is 10.4. The summed E-state index contributed by atoms with van der Waals surface area (Å²) in [7, 11) is 0. The van der Waals surface area contributed by atoms with E-state index in [1.165, 1.54) is 0 Å². The van der Waals surface area contributed by atoms with Crippen molar-refractivity contribution in [3.05, 3.63) is 63.1 Å². The van der Waals surface area contributed by atoms with E-state index >= 15 is 0 Å². The third-order valence-electron chi connectivity index (χ3n) is 2.98. The predicted octanol–water partition coefficient (Wildman–Crippen LogP) is 4.38. The van der Waals surface area contributed by atoms with Crippen LogP contribution >= 0.6 is 23.2 Å². The Balaban J connectivity index is 2.01. The highest BCUT2D eigenvalue weighted by molar-refractivity contribution is 6.40. The van der Waals surface area contributed by atoms with Crippen LogP contribution in [0.1, 0.15) is 15.9 Å². The van der Waals surface area contributed by atoms with Crippen LogP contribution in [0.5, 0.6) is 0 Å². The number of aryl methyl sites for hydroxylation is 1. The van der Waals surface area contributed by atoms with Gasteiger partial charge in [-0.15, -0.1) is 0 Å². The molecule has 1 N–H and O–H groups in total. The van der Waals surface area contributed by atoms with E-state index in [9.17, 15) is 18.4 Å². The number of esters is 1. The summed E-state index contributed by atoms with van der Waals surface area (Å²) in [6, 6.07) is 5.46. The Morgan fingerprint density at radius 1 is 1.12 bits per heavy atom. The van der Waals surface area contributed by atoms with E-state index in [1.54, 1.807) is 19.1 Å². The van der Waals surface area contributed by atoms with Gasteiger partial charge in [0.15, 0.2) is 6.61 Å². The van der Waals surface area contributed by atoms with E-state index in [2.05, 4.69) is 5.32 Å². The van der Waals surface area contributed by atoms with Gasteiger partial charge >= 0.3 is 5.97 Å². The second-order valence-corrected chi connectivity index (χ2v) is 5.62. The summed E-state index contributed by atoms with van der Waals surface area (Å²) in [5.41, 5.74) is 0.548. The first-order valence-corrected chi connectivity index (χ1v) is 7.41. The maximum absolute atomic E-state index is 13.0. The monoisotopic (exact) mass is 373 g/mol. The quantitative estimate of drug-likeness (QED) is 0.809. The van der Waals surface area contributed by atoms with Crippen LogP contribution in [0, 0.1) is 18.6 Å². The number of rotatable bonds is 4. The molecule has 2 aromatic carbocycles. The minimum atomic E-state index is -1.04. The molecule has 0 heterocycles. The Bertz CT molecular complexity index is 792. The van der Waals surface area contributed by atoms with Crippen LogP contribution in [0.25, 0.3) is 0 Å². The summed E-state index contributed by atoms with van der Waals surface area (Å²) in [6.07, 6.45) is 0. The lowest BCUT2D eigenvalue weighted by atomic mass is 10.2. The maximum atomic E-state index is 13.0. The minimum Gasteiger partial charge on any atom is -0.452 e. The summed E-state index contributed by atoms with van der Waals surface area (Å²) >= 11 is 12.0. The molecule has 8 heteroatoms. The van der Waals surface area contributed by atoms with Gasteiger partial charge in [-0.1, -0.05) is 29.3 Å². The molecule has 0 aliphatic heterocycles. The van der Waals surface area contributed by atoms with Crippen molar-refractivity contribution in [3.63, 3.8) is 0 Å². The predicted molar refractivity (Wildman–Crippen MR) is 86.5 cm³/mol. The van der Waals surface area contributed by atoms with E-state index in [-0.39, 0.29) is 21.3 Å². The molecular formula is C16H11Cl2F2NO3. The Morgan fingerprint density at radius 3 is 2.38 bits per heavy atom. The summed E-state index contributed by atoms with van der Waals surface area (Å²) in [5, 5.41) is 2.90. The molecule has 2 aromatic rings. The summed E-state index contributed by atoms with van der Waals surface area (Å²) in [4.78, 5) is 23.6. The van der Waals surface area contributed by atoms with Gasteiger partial charge in [0.2, 0.25) is 0 Å². The second kappa shape index (κ2) is 7.59. The third-order valence-corrected chi connectivity index (χ3v) is 3.78. The number of benzene rings is 2. The molecule has 2 rings (SSSR count). The van der Waals surface area contributed by atoms with Crippen molar-refractivity contribution >= 4 is 40.8 Å². The van der Waals surface area contributed by atoms with Crippen molar-refractivity contribution in [1.82, 2.24) is 0 Å². The van der Waals surface area contributed by atoms with Crippen molar-refractivity contribution in [1.29, 1.82) is 0 Å². The zero-order valence-electron chi connectivity index (χ0n) is 12.3. The number of halogens is 4. The number of ether oxygens (including phenoxy) is 1. The average molecular weight is 374 g/mol. The molecule has 0 atom stereocenters. The van der Waals surface area contributed by atoms with Crippen molar-refractivity contribution in [3.8, 4) is 0 Å². The Labute approximate surface area is 146 Å². The lowest BCUT2D eigenvalue weighted by molar-refractivity contribution is -0.119. The number of carbonyl (C=O) groups is 2. The molecule has 0 fully saturated rings. The highest BCUT2D eigenvalue weighted by Gasteiger charge is 2.15. The van der Waals surface area contributed by atoms with E-state index in [4.69, 9.17) is 27.9 Å². The lowest BCUT2D eigenvalue weighted by Gasteiger charge is -2.11. The van der Waals surface area contributed by atoms with Crippen LogP contribution in [0.3, 0.4) is 0 Å². The van der Waals surface area contributed by atoms with Gasteiger partial charge < -0.3 is 10.1 Å². The zero-order chi connectivity index (χ0) is 17.9. The van der Waals surface area contributed by atoms with Crippen LogP contribution in [0.15, 0.2) is 30.3 Å². The fourth-order valence-electron chi connectivity index (χ4n) is 1.83. The van der Waals surface area contributed by atoms with E-state index in [1.807, 2.05) is 0 Å². The smallest absolute Gasteiger partial charge is 0.338 e. The van der Waals surface area contributed by atoms with Gasteiger partial charge in [0.05, 0.1) is 21.3 Å². The number of hydrogen-bond donors (Lipinski definition) is 1. The number of amides is 1. The second-order valence-electron chi connectivity index (χ2n) is 4.84. The van der Waals surface area contributed by atoms with Gasteiger partial charge in [-0.25, -0.2) is 13.6 Å². The Morgan fingerprint density at radius 2 is 1.75 bits per heavy atom. The zero-order valence-corrected chi connectivity index (χ0v) is 13.8. The summed E-state index contributed by atoms with van der Waals surface area (Å²) in [6.45, 7) is 1.06. The van der Waals surface area contributed by atoms with Gasteiger partial charge in [-0.05, 0) is 30.7 Å². The average Bonchev–Trinajstić information content (AvgIpc) is 2.52. The van der Waals surface area contributed by atoms with E-state index < -0.39 is 30.1 Å². The van der Waals surface area contributed by atoms with Crippen LogP contribution in [0.2, 0.25) is 10.0 Å². The molecule has 0 aromatic heterocycles. The van der Waals surface area contributed by atoms with Crippen LogP contribution in [-0.4, -0.2) is 18.5 Å². The molecule has 0 bridgehead atoms. The molecule has 0 aliphatic rings. The lowest BCUT2D eigenvalue weighted by Crippen LogP contribution is -2.21. The molecule has 24 heavy (non-hydrogen) atoms. The molecule has 4 nitrogen and oxygen atoms in total. The van der Waals surface area contributed by atoms with Crippen molar-refractivity contribution < 1.29 is 23.1 Å². The fourth-order valence-corrected chi connectivity index (χ4v) is 2.30. The van der Waals surface area contributed by atoms with E-state index in [0.29, 0.717) is 11.6 Å². The molecule has 0 unspecified atom stereocenters. The highest BCUT2D eigenvalue weighted by Crippen LogP contribution is 2.32. The molecule has 126 valence electrons. The van der Waals surface area contributed by atoms with Crippen LogP contribution in [-0.2, 0) is 9.53 Å². The van der Waals surface area contributed by atoms with Crippen LogP contribution < -0.4 is 5.32 Å². The number of hydrogen-bond acceptors (Lipinski definition) is 3. The first kappa shape index (κ1) is 18.2. The van der Waals surface area contributed by atoms with Gasteiger partial charge in [-0.2, -0.15) is 0 Å². The van der Waals surface area contributed by atoms with Gasteiger partial charge in [0.25, 0.3) is 5.91 Å². The van der Waals surface area contributed by atoms with E-state index in [0.717, 1.165) is 12.1 Å². The Hall–Kier alpha value is -2.18. The SMILES string of the molecule is Cc1ccc(Cl)c(NC(=O)COC(=O)c2cc(F)cc(F)c2)c1Cl. The summed E-state index contributed by atoms with van der Waals surface area (Å²) in [5.74, 6) is -3.59. The summed E-state index contributed by atoms with van der Waals surface area (Å²) < 4.78 is 30.8. The number of nitrogens with one attached hydrogen (secondary N) is 1. The first-order valence-electron chi connectivity index (χ1n) is 6.65. The molecule has 0 spiro atoms. The highest BCUT2D eigenvalue weighted by atomic mass is 35.5. The van der Waals surface area contributed by atoms with Gasteiger partial charge in [-0.3, -0.25) is 4.79 Å². The van der Waals surface area contributed by atoms with Crippen molar-refractivity contribution in [2.45, 2.75) is 6.92 Å². The molecule has 1 amide bonds. The molecular weight excluding hydrogens is 363 g/mol. The molecule has 0 saturated carbocycles.